The molecule has 4 unspecified atom stereocenters. The number of hydrogen-bond donors (Lipinski definition) is 3. The Labute approximate surface area is 164 Å². The van der Waals surface area contributed by atoms with Crippen molar-refractivity contribution in [2.45, 2.75) is 37.9 Å². The minimum absolute atomic E-state index is 0.409. The van der Waals surface area contributed by atoms with Crippen molar-refractivity contribution >= 4 is 23.5 Å². The van der Waals surface area contributed by atoms with Gasteiger partial charge in [-0.1, -0.05) is 12.1 Å². The van der Waals surface area contributed by atoms with Gasteiger partial charge in [0.2, 0.25) is 11.8 Å². The minimum Gasteiger partial charge on any atom is -0.480 e. The maximum atomic E-state index is 13.2. The second-order valence-electron chi connectivity index (χ2n) is 8.73. The Morgan fingerprint density at radius 2 is 1.75 bits per heavy atom. The molecule has 8 nitrogen and oxygen atoms in total. The number of nitrogens with zero attached hydrogens (tertiary/aromatic N) is 2. The van der Waals surface area contributed by atoms with Crippen molar-refractivity contribution < 1.29 is 24.6 Å². The highest BCUT2D eigenvalue weighted by Gasteiger charge is 2.69. The fraction of sp³-hybridized carbons (Fsp3) is 0.550. The summed E-state index contributed by atoms with van der Waals surface area (Å²) >= 11 is 0. The number of benzene rings is 1. The molecule has 2 aliphatic rings. The van der Waals surface area contributed by atoms with Gasteiger partial charge in [-0.05, 0) is 38.5 Å². The number of imide groups is 1. The molecule has 0 radical (unpaired) electrons. The van der Waals surface area contributed by atoms with E-state index in [9.17, 15) is 24.6 Å². The molecular formula is C20H27N3O5. The number of hydrogen-bond acceptors (Lipinski definition) is 6. The lowest BCUT2D eigenvalue weighted by Crippen LogP contribution is -2.59. The molecule has 0 aliphatic carbocycles. The summed E-state index contributed by atoms with van der Waals surface area (Å²) in [6.07, 6.45) is 0. The third kappa shape index (κ3) is 2.79. The zero-order valence-corrected chi connectivity index (χ0v) is 16.8. The smallest absolute Gasteiger partial charge is 0.327 e. The molecule has 0 spiro atoms. The van der Waals surface area contributed by atoms with Crippen molar-refractivity contribution in [3.8, 4) is 0 Å². The van der Waals surface area contributed by atoms with Crippen LogP contribution in [0.2, 0.25) is 0 Å². The highest BCUT2D eigenvalue weighted by molar-refractivity contribution is 6.10. The first kappa shape index (κ1) is 20.3. The van der Waals surface area contributed by atoms with Gasteiger partial charge in [-0.2, -0.15) is 0 Å². The molecule has 3 N–H and O–H groups in total. The van der Waals surface area contributed by atoms with E-state index in [1.807, 2.05) is 43.3 Å². The summed E-state index contributed by atoms with van der Waals surface area (Å²) in [7, 11) is 3.81. The molecule has 152 valence electrons. The quantitative estimate of drug-likeness (QED) is 0.647. The lowest BCUT2D eigenvalue weighted by atomic mass is 9.79. The zero-order valence-electron chi connectivity index (χ0n) is 16.8. The van der Waals surface area contributed by atoms with E-state index in [0.717, 1.165) is 10.6 Å². The summed E-state index contributed by atoms with van der Waals surface area (Å²) in [6, 6.07) is 6.68. The van der Waals surface area contributed by atoms with Gasteiger partial charge >= 0.3 is 5.97 Å². The number of rotatable bonds is 4. The Kier molecular flexibility index (Phi) is 4.75. The molecular weight excluding hydrogens is 362 g/mol. The van der Waals surface area contributed by atoms with Crippen LogP contribution in [0.4, 0.5) is 5.69 Å². The number of aliphatic hydroxyl groups is 1. The standard InChI is InChI=1S/C20H27N3O5/c1-19(2,3)23-16(25)13-14(17(23)26)20(10-24,18(27)28)21-15(13)11-6-8-12(9-7-11)22(4)5/h6-9,13-15,21,24H,10H2,1-5H3,(H,27,28). The number of aliphatic carboxylic acids is 1. The topological polar surface area (TPSA) is 110 Å². The third-order valence-corrected chi connectivity index (χ3v) is 5.72. The van der Waals surface area contributed by atoms with E-state index in [0.29, 0.717) is 5.56 Å². The lowest BCUT2D eigenvalue weighted by Gasteiger charge is -2.34. The number of carbonyl (C=O) groups is 3. The fourth-order valence-corrected chi connectivity index (χ4v) is 4.34. The Morgan fingerprint density at radius 3 is 2.18 bits per heavy atom. The summed E-state index contributed by atoms with van der Waals surface area (Å²) in [5, 5.41) is 22.8. The second-order valence-corrected chi connectivity index (χ2v) is 8.73. The van der Waals surface area contributed by atoms with Gasteiger partial charge in [0.25, 0.3) is 0 Å². The van der Waals surface area contributed by atoms with Gasteiger partial charge in [-0.15, -0.1) is 0 Å². The number of carboxylic acid groups (broad SMARTS) is 1. The van der Waals surface area contributed by atoms with Crippen molar-refractivity contribution in [2.24, 2.45) is 11.8 Å². The first-order chi connectivity index (χ1) is 13.0. The number of carbonyl (C=O) groups excluding carboxylic acids is 2. The lowest BCUT2D eigenvalue weighted by molar-refractivity contribution is -0.155. The van der Waals surface area contributed by atoms with E-state index in [1.54, 1.807) is 20.8 Å². The van der Waals surface area contributed by atoms with Crippen LogP contribution in [0.25, 0.3) is 0 Å². The Hall–Kier alpha value is -2.45. The third-order valence-electron chi connectivity index (χ3n) is 5.72. The van der Waals surface area contributed by atoms with Crippen LogP contribution in [0.3, 0.4) is 0 Å². The summed E-state index contributed by atoms with van der Waals surface area (Å²) in [6.45, 7) is 4.42. The SMILES string of the molecule is CN(C)c1ccc(C2NC(CO)(C(=O)O)C3C(=O)N(C(C)(C)C)C(=O)C23)cc1. The molecule has 0 aromatic heterocycles. The molecule has 2 saturated heterocycles. The average molecular weight is 389 g/mol. The Bertz CT molecular complexity index is 814. The largest absolute Gasteiger partial charge is 0.480 e. The first-order valence-electron chi connectivity index (χ1n) is 9.23. The second kappa shape index (κ2) is 6.56. The van der Waals surface area contributed by atoms with Crippen LogP contribution in [0.15, 0.2) is 24.3 Å². The number of amides is 2. The summed E-state index contributed by atoms with van der Waals surface area (Å²) in [5.74, 6) is -4.36. The number of anilines is 1. The van der Waals surface area contributed by atoms with Crippen LogP contribution in [0, 0.1) is 11.8 Å². The van der Waals surface area contributed by atoms with Crippen LogP contribution < -0.4 is 10.2 Å². The van der Waals surface area contributed by atoms with Crippen molar-refractivity contribution in [2.75, 3.05) is 25.6 Å². The predicted octanol–water partition coefficient (Wildman–Crippen LogP) is 0.612. The molecule has 4 atom stereocenters. The van der Waals surface area contributed by atoms with E-state index in [-0.39, 0.29) is 0 Å². The van der Waals surface area contributed by atoms with Gasteiger partial charge in [0.15, 0.2) is 5.54 Å². The number of likely N-dealkylation sites (tertiary alicyclic amines) is 1. The monoisotopic (exact) mass is 389 g/mol. The number of aliphatic hydroxyl groups excluding tert-OH is 1. The molecule has 2 aliphatic heterocycles. The molecule has 2 fully saturated rings. The maximum absolute atomic E-state index is 13.2. The Balaban J connectivity index is 2.11. The van der Waals surface area contributed by atoms with Gasteiger partial charge in [-0.25, -0.2) is 0 Å². The summed E-state index contributed by atoms with van der Waals surface area (Å²) in [5.41, 5.74) is -1.02. The maximum Gasteiger partial charge on any atom is 0.327 e. The van der Waals surface area contributed by atoms with E-state index in [2.05, 4.69) is 5.32 Å². The molecule has 0 bridgehead atoms. The van der Waals surface area contributed by atoms with E-state index in [1.165, 1.54) is 0 Å². The van der Waals surface area contributed by atoms with Gasteiger partial charge in [0, 0.05) is 31.4 Å². The van der Waals surface area contributed by atoms with E-state index in [4.69, 9.17) is 0 Å². The van der Waals surface area contributed by atoms with E-state index >= 15 is 0 Å². The molecule has 0 saturated carbocycles. The zero-order chi connectivity index (χ0) is 21.0. The average Bonchev–Trinajstić information content (AvgIpc) is 3.09. The highest BCUT2D eigenvalue weighted by atomic mass is 16.4. The van der Waals surface area contributed by atoms with Gasteiger partial charge in [0.05, 0.1) is 18.4 Å². The van der Waals surface area contributed by atoms with Crippen LogP contribution >= 0.6 is 0 Å². The van der Waals surface area contributed by atoms with Crippen LogP contribution in [0.1, 0.15) is 32.4 Å². The molecule has 2 amide bonds. The highest BCUT2D eigenvalue weighted by Crippen LogP contribution is 2.50. The van der Waals surface area contributed by atoms with Gasteiger partial charge < -0.3 is 15.1 Å². The number of nitrogens with one attached hydrogen (secondary N) is 1. The van der Waals surface area contributed by atoms with Crippen molar-refractivity contribution in [1.82, 2.24) is 10.2 Å². The molecule has 2 heterocycles. The predicted molar refractivity (Wildman–Crippen MR) is 103 cm³/mol. The molecule has 8 heteroatoms. The van der Waals surface area contributed by atoms with Gasteiger partial charge in [0.1, 0.15) is 0 Å². The number of carboxylic acids is 1. The molecule has 3 rings (SSSR count). The first-order valence-corrected chi connectivity index (χ1v) is 9.23. The van der Waals surface area contributed by atoms with Crippen LogP contribution in [-0.4, -0.2) is 64.7 Å². The molecule has 1 aromatic rings. The van der Waals surface area contributed by atoms with Crippen LogP contribution in [0.5, 0.6) is 0 Å². The molecule has 1 aromatic carbocycles. The van der Waals surface area contributed by atoms with Crippen LogP contribution in [-0.2, 0) is 14.4 Å². The minimum atomic E-state index is -1.90. The van der Waals surface area contributed by atoms with Gasteiger partial charge in [-0.3, -0.25) is 24.6 Å². The van der Waals surface area contributed by atoms with Crippen molar-refractivity contribution in [3.63, 3.8) is 0 Å². The Morgan fingerprint density at radius 1 is 1.18 bits per heavy atom. The van der Waals surface area contributed by atoms with E-state index < -0.39 is 53.3 Å². The van der Waals surface area contributed by atoms with Crippen molar-refractivity contribution in [3.05, 3.63) is 29.8 Å². The summed E-state index contributed by atoms with van der Waals surface area (Å²) in [4.78, 5) is 41.5. The summed E-state index contributed by atoms with van der Waals surface area (Å²) < 4.78 is 0. The normalized spacial score (nSPS) is 29.9. The fourth-order valence-electron chi connectivity index (χ4n) is 4.34. The number of fused-ring (bicyclic) bond motifs is 1. The van der Waals surface area contributed by atoms with Crippen molar-refractivity contribution in [1.29, 1.82) is 0 Å². The molecule has 28 heavy (non-hydrogen) atoms.